The summed E-state index contributed by atoms with van der Waals surface area (Å²) >= 11 is 5.19. The van der Waals surface area contributed by atoms with Gasteiger partial charge in [-0.3, -0.25) is 24.6 Å². The van der Waals surface area contributed by atoms with Gasteiger partial charge in [0.1, 0.15) is 22.2 Å². The lowest BCUT2D eigenvalue weighted by Crippen LogP contribution is -2.23. The maximum atomic E-state index is 13.2. The number of aromatic hydroxyl groups is 1. The molecule has 0 saturated carbocycles. The van der Waals surface area contributed by atoms with Crippen LogP contribution in [0.1, 0.15) is 80.2 Å². The molecule has 91 heavy (non-hydrogen) atoms. The first-order chi connectivity index (χ1) is 44.4. The lowest BCUT2D eigenvalue weighted by Gasteiger charge is -2.20. The number of aliphatic imine (C=N–C) groups is 2. The molecule has 1 unspecified atom stereocenters. The van der Waals surface area contributed by atoms with E-state index in [0.717, 1.165) is 132 Å². The lowest BCUT2D eigenvalue weighted by atomic mass is 9.85. The van der Waals surface area contributed by atoms with Crippen molar-refractivity contribution in [2.24, 2.45) is 21.5 Å². The molecule has 2 aliphatic carbocycles. The summed E-state index contributed by atoms with van der Waals surface area (Å²) in [7, 11) is 0. The monoisotopic (exact) mass is 1280 g/mol. The Morgan fingerprint density at radius 3 is 2.05 bits per heavy atom. The minimum Gasteiger partial charge on any atom is -0.508 e. The van der Waals surface area contributed by atoms with E-state index < -0.39 is 0 Å². The molecular weight excluding hydrogens is 1220 g/mol. The van der Waals surface area contributed by atoms with Crippen molar-refractivity contribution in [1.29, 1.82) is 0 Å². The summed E-state index contributed by atoms with van der Waals surface area (Å²) < 4.78 is 1.08. The van der Waals surface area contributed by atoms with Crippen LogP contribution >= 0.6 is 27.7 Å². The van der Waals surface area contributed by atoms with Crippen molar-refractivity contribution in [3.63, 3.8) is 0 Å². The standard InChI is InChI=1S/C27H23N5O2.C24H21BrN6S.C20H14N4O/c1-14(22-13-31-27(28)32-22)16-8-9-23(33)19-7-6-17(25(16)19)15-10-24(34)26(30-11-15)20-12-29-21-5-3-2-4-18(20)21;25-15-6-8-16-14(11-15)5-7-18(16)22-23(32-10-9-28-24(26)27)31-21(13-30-22)19-12-29-20-4-2-1-3-17(19)20;25-19(15-10-22-17-8-4-2-6-13(15)17)20-23-11-18(24-20)14-9-21-16-7-3-1-5-12(14)16/h2-6,8-9,11-14,29,33H,7,10H2,1H3,(H3,28,31,32);1-4,6-8,11-13,29H,5,9-10H2,(H4,26,27,28);1-11,21-22H,(H,23,24). The number of hydrogen-bond acceptors (Lipinski definition) is 11. The largest absolute Gasteiger partial charge is 0.508 e. The van der Waals surface area contributed by atoms with Gasteiger partial charge in [-0.2, -0.15) is 0 Å². The van der Waals surface area contributed by atoms with E-state index in [0.29, 0.717) is 41.8 Å². The second-order valence-corrected chi connectivity index (χ2v) is 24.2. The highest BCUT2D eigenvalue weighted by Crippen LogP contribution is 2.45. The molecular formula is C71H58BrN15O3S. The molecule has 13 N–H and O–H groups in total. The summed E-state index contributed by atoms with van der Waals surface area (Å²) in [4.78, 5) is 72.4. The van der Waals surface area contributed by atoms with Crippen molar-refractivity contribution in [3.8, 4) is 28.3 Å². The molecule has 13 aromatic rings. The molecule has 18 nitrogen and oxygen atoms in total. The number of carbonyl (C=O) groups excluding carboxylic acids is 2. The average molecular weight is 1280 g/mol. The number of anilines is 1. The fourth-order valence-corrected chi connectivity index (χ4v) is 13.5. The number of phenols is 1. The molecule has 448 valence electrons. The molecule has 0 spiro atoms. The van der Waals surface area contributed by atoms with Gasteiger partial charge in [0.05, 0.1) is 42.1 Å². The predicted octanol–water partition coefficient (Wildman–Crippen LogP) is 13.6. The summed E-state index contributed by atoms with van der Waals surface area (Å²) in [5.41, 5.74) is 36.5. The van der Waals surface area contributed by atoms with E-state index in [9.17, 15) is 14.7 Å². The van der Waals surface area contributed by atoms with Crippen LogP contribution in [0.3, 0.4) is 0 Å². The van der Waals surface area contributed by atoms with Crippen molar-refractivity contribution < 1.29 is 14.7 Å². The maximum Gasteiger partial charge on any atom is 0.230 e. The summed E-state index contributed by atoms with van der Waals surface area (Å²) in [5, 5.41) is 15.5. The SMILES string of the molecule is CC(c1cnc(N)[nH]1)c1ccc(O)c2c1C(C1=CN=C(c3c[nH]c4ccccc34)C(=O)C1)=CC2.NC(N)=NCCSc1nc(-c2c[nH]c3ccccc23)cnc1C1=CCc2cc(Br)ccc21.O=C(c1ncc(-c2c[nH]c3ccccc23)[nH]1)c1c[nH]c2ccccc12. The van der Waals surface area contributed by atoms with E-state index in [-0.39, 0.29) is 35.6 Å². The number of aromatic nitrogens is 10. The van der Waals surface area contributed by atoms with Gasteiger partial charge in [-0.05, 0) is 88.7 Å². The van der Waals surface area contributed by atoms with Crippen molar-refractivity contribution in [1.82, 2.24) is 49.8 Å². The first kappa shape index (κ1) is 57.6. The van der Waals surface area contributed by atoms with E-state index in [1.54, 1.807) is 42.6 Å². The summed E-state index contributed by atoms with van der Waals surface area (Å²) in [6.45, 7) is 2.59. The molecule has 3 aliphatic rings. The van der Waals surface area contributed by atoms with Gasteiger partial charge in [0.25, 0.3) is 0 Å². The highest BCUT2D eigenvalue weighted by Gasteiger charge is 2.31. The number of benzene rings is 6. The van der Waals surface area contributed by atoms with Crippen molar-refractivity contribution in [3.05, 3.63) is 255 Å². The van der Waals surface area contributed by atoms with Crippen LogP contribution in [-0.4, -0.2) is 90.5 Å². The van der Waals surface area contributed by atoms with Gasteiger partial charge in [-0.25, -0.2) is 15.0 Å². The molecule has 1 aliphatic heterocycles. The van der Waals surface area contributed by atoms with Gasteiger partial charge in [-0.1, -0.05) is 120 Å². The number of halogens is 1. The van der Waals surface area contributed by atoms with Crippen LogP contribution in [0.25, 0.3) is 77.3 Å². The van der Waals surface area contributed by atoms with Crippen LogP contribution in [0, 0.1) is 0 Å². The van der Waals surface area contributed by atoms with Crippen LogP contribution in [0.2, 0.25) is 0 Å². The number of phenolic OH excluding ortho intramolecular Hbond substituents is 1. The second-order valence-electron chi connectivity index (χ2n) is 22.2. The normalized spacial score (nSPS) is 13.6. The smallest absolute Gasteiger partial charge is 0.230 e. The Morgan fingerprint density at radius 1 is 0.703 bits per heavy atom. The molecule has 7 aromatic heterocycles. The number of nitrogens with one attached hydrogen (secondary N) is 6. The van der Waals surface area contributed by atoms with Gasteiger partial charge in [0.15, 0.2) is 23.5 Å². The number of fused-ring (bicyclic) bond motifs is 6. The summed E-state index contributed by atoms with van der Waals surface area (Å²) in [6.07, 6.45) is 20.7. The van der Waals surface area contributed by atoms with Gasteiger partial charge in [0.2, 0.25) is 5.78 Å². The molecule has 0 amide bonds. The topological polar surface area (TPSA) is 303 Å². The highest BCUT2D eigenvalue weighted by molar-refractivity contribution is 9.10. The fourth-order valence-electron chi connectivity index (χ4n) is 12.2. The summed E-state index contributed by atoms with van der Waals surface area (Å²) in [6, 6.07) is 41.9. The number of ketones is 2. The quantitative estimate of drug-likeness (QED) is 0.0170. The van der Waals surface area contributed by atoms with Crippen molar-refractivity contribution in [2.45, 2.75) is 37.1 Å². The van der Waals surface area contributed by atoms with Gasteiger partial charge in [0, 0.05) is 131 Å². The Kier molecular flexibility index (Phi) is 15.5. The Bertz CT molecular complexity index is 5180. The third-order valence-corrected chi connectivity index (χ3v) is 18.1. The molecule has 0 bridgehead atoms. The number of H-pyrrole nitrogens is 6. The maximum absolute atomic E-state index is 13.2. The first-order valence-corrected chi connectivity index (χ1v) is 31.3. The van der Waals surface area contributed by atoms with Crippen LogP contribution in [0.5, 0.6) is 5.75 Å². The number of Topliss-reactive ketones (excluding diaryl/α,β-unsaturated/α-hetero) is 1. The second kappa shape index (κ2) is 24.5. The number of nitrogens with two attached hydrogens (primary N) is 3. The zero-order valence-corrected chi connectivity index (χ0v) is 51.4. The van der Waals surface area contributed by atoms with E-state index in [4.69, 9.17) is 27.2 Å². The number of thioether (sulfide) groups is 1. The molecule has 6 aromatic carbocycles. The molecule has 16 rings (SSSR count). The third kappa shape index (κ3) is 11.2. The number of allylic oxidation sites excluding steroid dienone is 4. The molecule has 0 radical (unpaired) electrons. The minimum absolute atomic E-state index is 0.0207. The minimum atomic E-state index is -0.122. The van der Waals surface area contributed by atoms with Crippen LogP contribution in [0.15, 0.2) is 214 Å². The Morgan fingerprint density at radius 2 is 1.35 bits per heavy atom. The number of para-hydroxylation sites is 4. The number of carbonyl (C=O) groups is 2. The lowest BCUT2D eigenvalue weighted by molar-refractivity contribution is -0.112. The Hall–Kier alpha value is -11.1. The van der Waals surface area contributed by atoms with Crippen molar-refractivity contribution >= 4 is 112 Å². The number of nitrogens with zero attached hydrogens (tertiary/aromatic N) is 6. The van der Waals surface area contributed by atoms with E-state index in [1.165, 1.54) is 11.1 Å². The Balaban J connectivity index is 0.000000120. The third-order valence-electron chi connectivity index (χ3n) is 16.7. The van der Waals surface area contributed by atoms with Gasteiger partial charge in [-0.15, -0.1) is 11.8 Å². The number of imidazole rings is 2. The van der Waals surface area contributed by atoms with Crippen LogP contribution < -0.4 is 17.2 Å². The molecule has 1 atom stereocenters. The molecule has 8 heterocycles. The zero-order valence-electron chi connectivity index (χ0n) is 49.0. The van der Waals surface area contributed by atoms with Crippen LogP contribution in [0.4, 0.5) is 5.95 Å². The van der Waals surface area contributed by atoms with E-state index in [1.807, 2.05) is 116 Å². The van der Waals surface area contributed by atoms with E-state index in [2.05, 4.69) is 115 Å². The van der Waals surface area contributed by atoms with Crippen LogP contribution in [-0.2, 0) is 17.6 Å². The van der Waals surface area contributed by atoms with E-state index >= 15 is 0 Å². The zero-order chi connectivity index (χ0) is 62.3. The molecule has 0 fully saturated rings. The molecule has 20 heteroatoms. The number of hydrogen-bond donors (Lipinski definition) is 10. The van der Waals surface area contributed by atoms with Gasteiger partial charge < -0.3 is 52.2 Å². The number of guanidine groups is 1. The van der Waals surface area contributed by atoms with Crippen molar-refractivity contribution in [2.75, 3.05) is 18.0 Å². The Labute approximate surface area is 533 Å². The number of aromatic amines is 6. The highest BCUT2D eigenvalue weighted by atomic mass is 79.9. The number of nitrogen functional groups attached to an aromatic ring is 1. The van der Waals surface area contributed by atoms with Gasteiger partial charge >= 0.3 is 0 Å². The average Bonchev–Trinajstić information content (AvgIpc) is 1.80. The first-order valence-electron chi connectivity index (χ1n) is 29.5. The predicted molar refractivity (Wildman–Crippen MR) is 366 cm³/mol. The fraction of sp³-hybridized carbons (Fsp3) is 0.0986. The molecule has 0 saturated heterocycles. The number of rotatable bonds is 13. The summed E-state index contributed by atoms with van der Waals surface area (Å²) in [5.74, 6) is 1.60.